The number of thiocarbonyl (C=S) groups is 1. The molecule has 0 aliphatic rings. The van der Waals surface area contributed by atoms with Crippen LogP contribution in [0.2, 0.25) is 5.02 Å². The highest BCUT2D eigenvalue weighted by Crippen LogP contribution is 2.25. The van der Waals surface area contributed by atoms with E-state index in [4.69, 9.17) is 28.6 Å². The number of hydrogen-bond acceptors (Lipinski definition) is 3. The lowest BCUT2D eigenvalue weighted by atomic mass is 10.1. The van der Waals surface area contributed by atoms with Gasteiger partial charge in [0.15, 0.2) is 5.05 Å². The molecule has 0 heterocycles. The summed E-state index contributed by atoms with van der Waals surface area (Å²) in [6.45, 7) is 3.82. The molecule has 6 heteroatoms. The molecule has 19 heavy (non-hydrogen) atoms. The maximum absolute atomic E-state index is 13.6. The number of anilines is 1. The van der Waals surface area contributed by atoms with Crippen LogP contribution in [0.15, 0.2) is 12.1 Å². The van der Waals surface area contributed by atoms with Crippen molar-refractivity contribution in [2.75, 3.05) is 11.9 Å². The lowest BCUT2D eigenvalue weighted by Gasteiger charge is -2.11. The third-order valence-corrected chi connectivity index (χ3v) is 2.86. The fourth-order valence-electron chi connectivity index (χ4n) is 1.44. The number of ether oxygens (including phenoxy) is 1. The number of halogens is 2. The van der Waals surface area contributed by atoms with Gasteiger partial charge >= 0.3 is 0 Å². The summed E-state index contributed by atoms with van der Waals surface area (Å²) in [5.74, 6) is -0.929. The number of nitrogens with one attached hydrogen (secondary N) is 1. The quantitative estimate of drug-likeness (QED) is 0.842. The van der Waals surface area contributed by atoms with E-state index in [2.05, 4.69) is 5.32 Å². The maximum atomic E-state index is 13.6. The summed E-state index contributed by atoms with van der Waals surface area (Å²) in [4.78, 5) is 11.0. The highest BCUT2D eigenvalue weighted by molar-refractivity contribution is 7.80. The summed E-state index contributed by atoms with van der Waals surface area (Å²) in [5.41, 5.74) is 0.707. The highest BCUT2D eigenvalue weighted by Gasteiger charge is 2.11. The van der Waals surface area contributed by atoms with E-state index in [9.17, 15) is 9.18 Å². The van der Waals surface area contributed by atoms with Gasteiger partial charge in [0, 0.05) is 18.4 Å². The summed E-state index contributed by atoms with van der Waals surface area (Å²) in [5, 5.41) is 3.05. The summed E-state index contributed by atoms with van der Waals surface area (Å²) in [6.07, 6.45) is 1.16. The summed E-state index contributed by atoms with van der Waals surface area (Å²) >= 11 is 11.0. The Morgan fingerprint density at radius 1 is 1.53 bits per heavy atom. The second-order valence-corrected chi connectivity index (χ2v) is 4.86. The van der Waals surface area contributed by atoms with E-state index in [-0.39, 0.29) is 16.6 Å². The van der Waals surface area contributed by atoms with Crippen molar-refractivity contribution < 1.29 is 13.9 Å². The van der Waals surface area contributed by atoms with Crippen molar-refractivity contribution in [3.8, 4) is 0 Å². The Bertz CT molecular complexity index is 494. The van der Waals surface area contributed by atoms with E-state index in [0.717, 1.165) is 12.5 Å². The first kappa shape index (κ1) is 15.9. The van der Waals surface area contributed by atoms with Crippen molar-refractivity contribution in [2.45, 2.75) is 26.7 Å². The first-order chi connectivity index (χ1) is 8.93. The molecule has 0 fully saturated rings. The van der Waals surface area contributed by atoms with Gasteiger partial charge in [-0.2, -0.15) is 0 Å². The normalized spacial score (nSPS) is 10.1. The molecule has 0 bridgehead atoms. The van der Waals surface area contributed by atoms with Crippen molar-refractivity contribution in [2.24, 2.45) is 0 Å². The first-order valence-corrected chi connectivity index (χ1v) is 6.63. The lowest BCUT2D eigenvalue weighted by Crippen LogP contribution is -2.10. The minimum absolute atomic E-state index is 0.0881. The van der Waals surface area contributed by atoms with Crippen molar-refractivity contribution in [1.29, 1.82) is 0 Å². The van der Waals surface area contributed by atoms with Gasteiger partial charge in [-0.3, -0.25) is 4.79 Å². The number of carbonyl (C=O) groups is 1. The Hall–Kier alpha value is -1.20. The molecule has 3 nitrogen and oxygen atoms in total. The molecule has 0 atom stereocenters. The molecule has 1 aromatic rings. The molecule has 0 saturated carbocycles. The van der Waals surface area contributed by atoms with Crippen LogP contribution >= 0.6 is 23.8 Å². The molecule has 0 spiro atoms. The third kappa shape index (κ3) is 5.12. The monoisotopic (exact) mass is 303 g/mol. The molecule has 1 amide bonds. The van der Waals surface area contributed by atoms with Gasteiger partial charge in [0.2, 0.25) is 5.91 Å². The molecule has 0 unspecified atom stereocenters. The van der Waals surface area contributed by atoms with Gasteiger partial charge in [-0.25, -0.2) is 4.39 Å². The van der Waals surface area contributed by atoms with Crippen molar-refractivity contribution in [3.05, 3.63) is 28.5 Å². The van der Waals surface area contributed by atoms with Gasteiger partial charge in [0.05, 0.1) is 12.3 Å². The molecule has 0 aromatic heterocycles. The van der Waals surface area contributed by atoms with Crippen LogP contribution in [0.5, 0.6) is 0 Å². The SMILES string of the molecule is CCCOC(=S)Cc1cc(NC(C)=O)c(F)cc1Cl. The van der Waals surface area contributed by atoms with E-state index < -0.39 is 5.82 Å². The van der Waals surface area contributed by atoms with Crippen molar-refractivity contribution in [1.82, 2.24) is 0 Å². The summed E-state index contributed by atoms with van der Waals surface area (Å²) < 4.78 is 18.9. The summed E-state index contributed by atoms with van der Waals surface area (Å²) in [6, 6.07) is 2.63. The average molecular weight is 304 g/mol. The van der Waals surface area contributed by atoms with Gasteiger partial charge in [0.1, 0.15) is 5.82 Å². The zero-order valence-corrected chi connectivity index (χ0v) is 12.3. The molecule has 104 valence electrons. The standard InChI is InChI=1S/C13H15ClFNO2S/c1-3-4-18-13(19)6-9-5-12(16-8(2)17)11(15)7-10(9)14/h5,7H,3-4,6H2,1-2H3,(H,16,17). The zero-order chi connectivity index (χ0) is 14.4. The number of rotatable bonds is 5. The Balaban J connectivity index is 2.88. The van der Waals surface area contributed by atoms with Crippen molar-refractivity contribution in [3.63, 3.8) is 0 Å². The molecular formula is C13H15ClFNO2S. The van der Waals surface area contributed by atoms with E-state index in [1.54, 1.807) is 0 Å². The van der Waals surface area contributed by atoms with Gasteiger partial charge in [-0.1, -0.05) is 18.5 Å². The Morgan fingerprint density at radius 3 is 2.79 bits per heavy atom. The summed E-state index contributed by atoms with van der Waals surface area (Å²) in [7, 11) is 0. The smallest absolute Gasteiger partial charge is 0.221 e. The molecule has 1 N–H and O–H groups in total. The van der Waals surface area contributed by atoms with Gasteiger partial charge < -0.3 is 10.1 Å². The van der Waals surface area contributed by atoms with E-state index in [1.165, 1.54) is 13.0 Å². The molecular weight excluding hydrogens is 289 g/mol. The molecule has 0 aliphatic carbocycles. The highest BCUT2D eigenvalue weighted by atomic mass is 35.5. The fourth-order valence-corrected chi connectivity index (χ4v) is 1.89. The predicted octanol–water partition coefficient (Wildman–Crippen LogP) is 3.73. The number of carbonyl (C=O) groups excluding carboxylic acids is 1. The third-order valence-electron chi connectivity index (χ3n) is 2.25. The topological polar surface area (TPSA) is 38.3 Å². The van der Waals surface area contributed by atoms with Gasteiger partial charge in [0.25, 0.3) is 0 Å². The Morgan fingerprint density at radius 2 is 2.21 bits per heavy atom. The van der Waals surface area contributed by atoms with Crippen LogP contribution in [0.3, 0.4) is 0 Å². The van der Waals surface area contributed by atoms with Gasteiger partial charge in [-0.05, 0) is 36.3 Å². The van der Waals surface area contributed by atoms with Crippen LogP contribution in [0, 0.1) is 5.82 Å². The molecule has 1 aromatic carbocycles. The predicted molar refractivity (Wildman–Crippen MR) is 78.3 cm³/mol. The van der Waals surface area contributed by atoms with Crippen molar-refractivity contribution >= 4 is 40.5 Å². The molecule has 0 saturated heterocycles. The van der Waals surface area contributed by atoms with Crippen LogP contribution in [-0.2, 0) is 16.0 Å². The number of benzene rings is 1. The van der Waals surface area contributed by atoms with Crippen LogP contribution in [0.25, 0.3) is 0 Å². The van der Waals surface area contributed by atoms with E-state index in [1.807, 2.05) is 6.92 Å². The second kappa shape index (κ2) is 7.40. The minimum Gasteiger partial charge on any atom is -0.487 e. The molecule has 0 aliphatic heterocycles. The zero-order valence-electron chi connectivity index (χ0n) is 10.8. The largest absolute Gasteiger partial charge is 0.487 e. The molecule has 1 rings (SSSR count). The lowest BCUT2D eigenvalue weighted by molar-refractivity contribution is -0.114. The average Bonchev–Trinajstić information content (AvgIpc) is 2.32. The van der Waals surface area contributed by atoms with E-state index in [0.29, 0.717) is 23.6 Å². The number of hydrogen-bond donors (Lipinski definition) is 1. The van der Waals surface area contributed by atoms with Crippen LogP contribution in [0.4, 0.5) is 10.1 Å². The maximum Gasteiger partial charge on any atom is 0.221 e. The number of amides is 1. The van der Waals surface area contributed by atoms with Crippen LogP contribution < -0.4 is 5.32 Å². The molecule has 0 radical (unpaired) electrons. The van der Waals surface area contributed by atoms with Crippen LogP contribution in [0.1, 0.15) is 25.8 Å². The van der Waals surface area contributed by atoms with Crippen LogP contribution in [-0.4, -0.2) is 17.6 Å². The minimum atomic E-state index is -0.579. The fraction of sp³-hybridized carbons (Fsp3) is 0.385. The first-order valence-electron chi connectivity index (χ1n) is 5.85. The second-order valence-electron chi connectivity index (χ2n) is 4.00. The van der Waals surface area contributed by atoms with Gasteiger partial charge in [-0.15, -0.1) is 0 Å². The Kier molecular flexibility index (Phi) is 6.18. The Labute approximate surface area is 122 Å². The van der Waals surface area contributed by atoms with E-state index >= 15 is 0 Å².